The van der Waals surface area contributed by atoms with Crippen molar-refractivity contribution in [2.24, 2.45) is 0 Å². The van der Waals surface area contributed by atoms with Crippen LogP contribution >= 0.6 is 11.8 Å². The van der Waals surface area contributed by atoms with E-state index in [1.807, 2.05) is 43.4 Å². The van der Waals surface area contributed by atoms with Crippen LogP contribution in [0.1, 0.15) is 5.56 Å². The molecular weight excluding hydrogens is 292 g/mol. The fraction of sp³-hybridized carbons (Fsp3) is 0.278. The van der Waals surface area contributed by atoms with Crippen LogP contribution in [0.5, 0.6) is 0 Å². The van der Waals surface area contributed by atoms with Gasteiger partial charge in [0.2, 0.25) is 5.91 Å². The van der Waals surface area contributed by atoms with Crippen molar-refractivity contribution in [1.82, 2.24) is 5.32 Å². The Morgan fingerprint density at radius 3 is 2.36 bits per heavy atom. The number of carbonyl (C=O) groups is 1. The largest absolute Gasteiger partial charge is 0.373 e. The topological polar surface area (TPSA) is 32.3 Å². The number of benzene rings is 2. The van der Waals surface area contributed by atoms with Crippen LogP contribution in [0.25, 0.3) is 0 Å². The zero-order valence-electron chi connectivity index (χ0n) is 12.9. The molecule has 0 atom stereocenters. The lowest BCUT2D eigenvalue weighted by Gasteiger charge is -2.19. The Balaban J connectivity index is 1.60. The average molecular weight is 314 g/mol. The Kier molecular flexibility index (Phi) is 6.84. The standard InChI is InChI=1S/C18H22N2OS/c1-20(17-10-6-3-7-11-17)13-12-19-18(21)15-22-14-16-8-4-2-5-9-16/h2-11H,12-15H2,1H3,(H,19,21). The van der Waals surface area contributed by atoms with Crippen LogP contribution in [-0.4, -0.2) is 31.8 Å². The van der Waals surface area contributed by atoms with E-state index < -0.39 is 0 Å². The van der Waals surface area contributed by atoms with Gasteiger partial charge in [0.15, 0.2) is 0 Å². The summed E-state index contributed by atoms with van der Waals surface area (Å²) in [7, 11) is 2.03. The molecule has 116 valence electrons. The molecule has 1 amide bonds. The number of hydrogen-bond donors (Lipinski definition) is 1. The molecule has 0 aliphatic heterocycles. The van der Waals surface area contributed by atoms with E-state index in [-0.39, 0.29) is 5.91 Å². The highest BCUT2D eigenvalue weighted by molar-refractivity contribution is 7.99. The molecule has 0 aliphatic rings. The van der Waals surface area contributed by atoms with Crippen LogP contribution in [-0.2, 0) is 10.5 Å². The Labute approximate surface area is 136 Å². The lowest BCUT2D eigenvalue weighted by Crippen LogP contribution is -2.33. The van der Waals surface area contributed by atoms with Gasteiger partial charge in [0.25, 0.3) is 0 Å². The van der Waals surface area contributed by atoms with Gasteiger partial charge in [-0.15, -0.1) is 11.8 Å². The van der Waals surface area contributed by atoms with Crippen molar-refractivity contribution in [3.63, 3.8) is 0 Å². The molecule has 0 fully saturated rings. The van der Waals surface area contributed by atoms with E-state index in [2.05, 4.69) is 34.5 Å². The average Bonchev–Trinajstić information content (AvgIpc) is 2.56. The molecule has 2 rings (SSSR count). The zero-order valence-corrected chi connectivity index (χ0v) is 13.7. The molecule has 2 aromatic rings. The molecule has 1 N–H and O–H groups in total. The number of amides is 1. The summed E-state index contributed by atoms with van der Waals surface area (Å²) in [6.45, 7) is 1.47. The maximum atomic E-state index is 11.8. The van der Waals surface area contributed by atoms with Crippen LogP contribution in [0.3, 0.4) is 0 Å². The predicted molar refractivity (Wildman–Crippen MR) is 95.3 cm³/mol. The molecule has 3 nitrogen and oxygen atoms in total. The first-order valence-corrected chi connectivity index (χ1v) is 8.56. The molecule has 22 heavy (non-hydrogen) atoms. The molecule has 0 bridgehead atoms. The van der Waals surface area contributed by atoms with Gasteiger partial charge < -0.3 is 10.2 Å². The van der Waals surface area contributed by atoms with Crippen LogP contribution < -0.4 is 10.2 Å². The van der Waals surface area contributed by atoms with Gasteiger partial charge >= 0.3 is 0 Å². The molecule has 0 unspecified atom stereocenters. The molecule has 0 heterocycles. The Morgan fingerprint density at radius 2 is 1.68 bits per heavy atom. The van der Waals surface area contributed by atoms with Crippen LogP contribution in [0.4, 0.5) is 5.69 Å². The lowest BCUT2D eigenvalue weighted by molar-refractivity contribution is -0.118. The third kappa shape index (κ3) is 5.82. The fourth-order valence-corrected chi connectivity index (χ4v) is 2.88. The number of likely N-dealkylation sites (N-methyl/N-ethyl adjacent to an activating group) is 1. The number of nitrogens with one attached hydrogen (secondary N) is 1. The van der Waals surface area contributed by atoms with Crippen LogP contribution in [0.2, 0.25) is 0 Å². The van der Waals surface area contributed by atoms with Gasteiger partial charge in [-0.25, -0.2) is 0 Å². The number of thioether (sulfide) groups is 1. The van der Waals surface area contributed by atoms with E-state index in [1.54, 1.807) is 11.8 Å². The summed E-state index contributed by atoms with van der Waals surface area (Å²) in [4.78, 5) is 13.9. The maximum absolute atomic E-state index is 11.8. The third-order valence-electron chi connectivity index (χ3n) is 3.31. The summed E-state index contributed by atoms with van der Waals surface area (Å²) in [5.74, 6) is 1.48. The van der Waals surface area contributed by atoms with Crippen molar-refractivity contribution in [3.8, 4) is 0 Å². The van der Waals surface area contributed by atoms with Gasteiger partial charge in [-0.3, -0.25) is 4.79 Å². The van der Waals surface area contributed by atoms with Crippen LogP contribution in [0.15, 0.2) is 60.7 Å². The maximum Gasteiger partial charge on any atom is 0.230 e. The van der Waals surface area contributed by atoms with E-state index in [0.29, 0.717) is 12.3 Å². The molecule has 0 radical (unpaired) electrons. The normalized spacial score (nSPS) is 10.2. The van der Waals surface area contributed by atoms with Crippen LogP contribution in [0, 0.1) is 0 Å². The predicted octanol–water partition coefficient (Wildman–Crippen LogP) is 3.17. The van der Waals surface area contributed by atoms with E-state index >= 15 is 0 Å². The molecule has 0 aliphatic carbocycles. The minimum absolute atomic E-state index is 0.0994. The third-order valence-corrected chi connectivity index (χ3v) is 4.31. The number of hydrogen-bond acceptors (Lipinski definition) is 3. The van der Waals surface area contributed by atoms with Gasteiger partial charge in [0.05, 0.1) is 5.75 Å². The minimum Gasteiger partial charge on any atom is -0.373 e. The molecule has 0 aromatic heterocycles. The summed E-state index contributed by atoms with van der Waals surface area (Å²) in [6, 6.07) is 20.4. The highest BCUT2D eigenvalue weighted by atomic mass is 32.2. The first-order valence-electron chi connectivity index (χ1n) is 7.40. The molecule has 0 spiro atoms. The molecular formula is C18H22N2OS. The van der Waals surface area contributed by atoms with E-state index in [0.717, 1.165) is 18.0 Å². The number of nitrogens with zero attached hydrogens (tertiary/aromatic N) is 1. The van der Waals surface area contributed by atoms with Gasteiger partial charge in [0.1, 0.15) is 0 Å². The van der Waals surface area contributed by atoms with Crippen molar-refractivity contribution < 1.29 is 4.79 Å². The zero-order chi connectivity index (χ0) is 15.6. The quantitative estimate of drug-likeness (QED) is 0.812. The van der Waals surface area contributed by atoms with E-state index in [1.165, 1.54) is 5.56 Å². The summed E-state index contributed by atoms with van der Waals surface area (Å²) in [6.07, 6.45) is 0. The van der Waals surface area contributed by atoms with Crippen molar-refractivity contribution in [1.29, 1.82) is 0 Å². The summed E-state index contributed by atoms with van der Waals surface area (Å²) in [5.41, 5.74) is 2.42. The SMILES string of the molecule is CN(CCNC(=O)CSCc1ccccc1)c1ccccc1. The lowest BCUT2D eigenvalue weighted by atomic mass is 10.2. The second kappa shape index (κ2) is 9.15. The van der Waals surface area contributed by atoms with Crippen molar-refractivity contribution in [2.45, 2.75) is 5.75 Å². The van der Waals surface area contributed by atoms with Crippen molar-refractivity contribution in [2.75, 3.05) is 30.8 Å². The molecule has 4 heteroatoms. The summed E-state index contributed by atoms with van der Waals surface area (Å²) >= 11 is 1.64. The van der Waals surface area contributed by atoms with E-state index in [4.69, 9.17) is 0 Å². The number of para-hydroxylation sites is 1. The minimum atomic E-state index is 0.0994. The smallest absolute Gasteiger partial charge is 0.230 e. The number of carbonyl (C=O) groups excluding carboxylic acids is 1. The highest BCUT2D eigenvalue weighted by Gasteiger charge is 2.03. The second-order valence-corrected chi connectivity index (χ2v) is 6.07. The first-order chi connectivity index (χ1) is 10.8. The van der Waals surface area contributed by atoms with Crippen molar-refractivity contribution in [3.05, 3.63) is 66.2 Å². The Hall–Kier alpha value is -1.94. The van der Waals surface area contributed by atoms with E-state index in [9.17, 15) is 4.79 Å². The number of rotatable bonds is 8. The molecule has 0 saturated carbocycles. The monoisotopic (exact) mass is 314 g/mol. The highest BCUT2D eigenvalue weighted by Crippen LogP contribution is 2.11. The number of anilines is 1. The molecule has 2 aromatic carbocycles. The summed E-state index contributed by atoms with van der Waals surface area (Å²) in [5, 5.41) is 2.97. The van der Waals surface area contributed by atoms with Gasteiger partial charge in [-0.05, 0) is 17.7 Å². The Morgan fingerprint density at radius 1 is 1.05 bits per heavy atom. The Bertz CT molecular complexity index is 560. The molecule has 0 saturated heterocycles. The van der Waals surface area contributed by atoms with Gasteiger partial charge in [-0.1, -0.05) is 48.5 Å². The first kappa shape index (κ1) is 16.4. The van der Waals surface area contributed by atoms with Crippen molar-refractivity contribution >= 4 is 23.4 Å². The summed E-state index contributed by atoms with van der Waals surface area (Å²) < 4.78 is 0. The second-order valence-electron chi connectivity index (χ2n) is 5.09. The fourth-order valence-electron chi connectivity index (χ4n) is 2.06. The van der Waals surface area contributed by atoms with Gasteiger partial charge in [0, 0.05) is 31.6 Å². The van der Waals surface area contributed by atoms with Gasteiger partial charge in [-0.2, -0.15) is 0 Å².